The van der Waals surface area contributed by atoms with E-state index in [4.69, 9.17) is 0 Å². The summed E-state index contributed by atoms with van der Waals surface area (Å²) in [6, 6.07) is 16.1. The quantitative estimate of drug-likeness (QED) is 0.763. The number of carbonyl (C=O) groups is 1. The van der Waals surface area contributed by atoms with Crippen LogP contribution in [-0.4, -0.2) is 15.7 Å². The number of aromatic nitrogens is 2. The predicted octanol–water partition coefficient (Wildman–Crippen LogP) is 4.04. The first-order chi connectivity index (χ1) is 12.9. The summed E-state index contributed by atoms with van der Waals surface area (Å²) < 4.78 is 1.23. The fourth-order valence-electron chi connectivity index (χ4n) is 2.93. The van der Waals surface area contributed by atoms with Crippen LogP contribution in [0.2, 0.25) is 0 Å². The second-order valence-electron chi connectivity index (χ2n) is 6.80. The second-order valence-corrected chi connectivity index (χ2v) is 6.80. The van der Waals surface area contributed by atoms with Gasteiger partial charge in [-0.25, -0.2) is 4.68 Å². The monoisotopic (exact) mass is 361 g/mol. The SMILES string of the molecule is Cc1ccc(-c2ccc(=O)n(C(C)C(=O)Nc3c(C)cccc3C)n2)cc1. The van der Waals surface area contributed by atoms with E-state index in [9.17, 15) is 9.59 Å². The van der Waals surface area contributed by atoms with Crippen LogP contribution in [0.5, 0.6) is 0 Å². The highest BCUT2D eigenvalue weighted by molar-refractivity contribution is 5.94. The van der Waals surface area contributed by atoms with E-state index >= 15 is 0 Å². The molecular formula is C22H23N3O2. The third kappa shape index (κ3) is 3.97. The molecule has 0 saturated heterocycles. The van der Waals surface area contributed by atoms with Crippen LogP contribution in [-0.2, 0) is 4.79 Å². The van der Waals surface area contributed by atoms with Crippen LogP contribution in [0.25, 0.3) is 11.3 Å². The molecule has 0 spiro atoms. The molecule has 0 bridgehead atoms. The number of anilines is 1. The summed E-state index contributed by atoms with van der Waals surface area (Å²) in [6.07, 6.45) is 0. The number of nitrogens with zero attached hydrogens (tertiary/aromatic N) is 2. The maximum atomic E-state index is 12.8. The van der Waals surface area contributed by atoms with Gasteiger partial charge >= 0.3 is 0 Å². The van der Waals surface area contributed by atoms with Crippen molar-refractivity contribution < 1.29 is 4.79 Å². The van der Waals surface area contributed by atoms with Gasteiger partial charge < -0.3 is 5.32 Å². The lowest BCUT2D eigenvalue weighted by molar-refractivity contribution is -0.119. The van der Waals surface area contributed by atoms with Gasteiger partial charge in [-0.2, -0.15) is 5.10 Å². The van der Waals surface area contributed by atoms with Crippen molar-refractivity contribution in [3.05, 3.63) is 81.6 Å². The van der Waals surface area contributed by atoms with E-state index < -0.39 is 6.04 Å². The molecule has 3 aromatic rings. The minimum atomic E-state index is -0.734. The Morgan fingerprint density at radius 1 is 0.963 bits per heavy atom. The number of hydrogen-bond acceptors (Lipinski definition) is 3. The number of rotatable bonds is 4. The number of nitrogens with one attached hydrogen (secondary N) is 1. The lowest BCUT2D eigenvalue weighted by Gasteiger charge is -2.17. The van der Waals surface area contributed by atoms with Crippen LogP contribution >= 0.6 is 0 Å². The van der Waals surface area contributed by atoms with Gasteiger partial charge in [-0.3, -0.25) is 9.59 Å². The fourth-order valence-corrected chi connectivity index (χ4v) is 2.93. The number of aryl methyl sites for hydroxylation is 3. The highest BCUT2D eigenvalue weighted by atomic mass is 16.2. The topological polar surface area (TPSA) is 64.0 Å². The van der Waals surface area contributed by atoms with Crippen LogP contribution in [0.1, 0.15) is 29.7 Å². The summed E-state index contributed by atoms with van der Waals surface area (Å²) in [5.41, 5.74) is 5.12. The molecule has 1 unspecified atom stereocenters. The van der Waals surface area contributed by atoms with E-state index in [1.165, 1.54) is 10.7 Å². The number of para-hydroxylation sites is 1. The Morgan fingerprint density at radius 2 is 1.59 bits per heavy atom. The number of amides is 1. The molecule has 138 valence electrons. The van der Waals surface area contributed by atoms with Gasteiger partial charge in [-0.15, -0.1) is 0 Å². The molecule has 0 aliphatic heterocycles. The maximum Gasteiger partial charge on any atom is 0.267 e. The van der Waals surface area contributed by atoms with Crippen molar-refractivity contribution in [2.24, 2.45) is 0 Å². The second kappa shape index (κ2) is 7.58. The Hall–Kier alpha value is -3.21. The Bertz CT molecular complexity index is 1020. The highest BCUT2D eigenvalue weighted by Gasteiger charge is 2.19. The normalized spacial score (nSPS) is 11.9. The van der Waals surface area contributed by atoms with Gasteiger partial charge in [0.25, 0.3) is 5.56 Å². The average molecular weight is 361 g/mol. The number of benzene rings is 2. The third-order valence-corrected chi connectivity index (χ3v) is 4.65. The molecule has 1 heterocycles. The molecule has 0 fully saturated rings. The van der Waals surface area contributed by atoms with Crippen molar-refractivity contribution in [1.82, 2.24) is 9.78 Å². The van der Waals surface area contributed by atoms with E-state index in [1.54, 1.807) is 13.0 Å². The molecule has 0 radical (unpaired) electrons. The van der Waals surface area contributed by atoms with Crippen molar-refractivity contribution in [1.29, 1.82) is 0 Å². The van der Waals surface area contributed by atoms with Gasteiger partial charge in [0.2, 0.25) is 5.91 Å². The minimum Gasteiger partial charge on any atom is -0.324 e. The van der Waals surface area contributed by atoms with Gasteiger partial charge in [0.15, 0.2) is 0 Å². The lowest BCUT2D eigenvalue weighted by Crippen LogP contribution is -2.33. The number of carbonyl (C=O) groups excluding carboxylic acids is 1. The molecule has 1 atom stereocenters. The zero-order valence-electron chi connectivity index (χ0n) is 16.0. The summed E-state index contributed by atoms with van der Waals surface area (Å²) >= 11 is 0. The van der Waals surface area contributed by atoms with Crippen LogP contribution in [0.3, 0.4) is 0 Å². The molecule has 5 heteroatoms. The first-order valence-corrected chi connectivity index (χ1v) is 8.91. The van der Waals surface area contributed by atoms with Crippen LogP contribution in [0.15, 0.2) is 59.4 Å². The van der Waals surface area contributed by atoms with E-state index in [-0.39, 0.29) is 11.5 Å². The van der Waals surface area contributed by atoms with Crippen molar-refractivity contribution >= 4 is 11.6 Å². The van der Waals surface area contributed by atoms with Gasteiger partial charge in [-0.1, -0.05) is 48.0 Å². The summed E-state index contributed by atoms with van der Waals surface area (Å²) in [7, 11) is 0. The first kappa shape index (κ1) is 18.6. The molecule has 0 aliphatic carbocycles. The summed E-state index contributed by atoms with van der Waals surface area (Å²) in [6.45, 7) is 7.57. The average Bonchev–Trinajstić information content (AvgIpc) is 2.65. The van der Waals surface area contributed by atoms with E-state index in [0.29, 0.717) is 5.69 Å². The van der Waals surface area contributed by atoms with Crippen LogP contribution < -0.4 is 10.9 Å². The molecule has 3 rings (SSSR count). The third-order valence-electron chi connectivity index (χ3n) is 4.65. The van der Waals surface area contributed by atoms with E-state index in [0.717, 1.165) is 27.9 Å². The van der Waals surface area contributed by atoms with E-state index in [2.05, 4.69) is 10.4 Å². The van der Waals surface area contributed by atoms with Gasteiger partial charge in [0.05, 0.1) is 5.69 Å². The Labute approximate surface area is 158 Å². The summed E-state index contributed by atoms with van der Waals surface area (Å²) in [5.74, 6) is -0.275. The predicted molar refractivity (Wildman–Crippen MR) is 108 cm³/mol. The van der Waals surface area contributed by atoms with Gasteiger partial charge in [-0.05, 0) is 44.9 Å². The van der Waals surface area contributed by atoms with E-state index in [1.807, 2.05) is 63.2 Å². The standard InChI is InChI=1S/C22H23N3O2/c1-14-8-10-18(11-9-14)19-12-13-20(26)25(24-19)17(4)22(27)23-21-15(2)6-5-7-16(21)3/h5-13,17H,1-4H3,(H,23,27). The zero-order valence-corrected chi connectivity index (χ0v) is 16.0. The fraction of sp³-hybridized carbons (Fsp3) is 0.227. The first-order valence-electron chi connectivity index (χ1n) is 8.91. The molecule has 2 aromatic carbocycles. The van der Waals surface area contributed by atoms with Crippen molar-refractivity contribution in [3.8, 4) is 11.3 Å². The summed E-state index contributed by atoms with van der Waals surface area (Å²) in [5, 5.41) is 7.36. The van der Waals surface area contributed by atoms with Crippen molar-refractivity contribution in [2.45, 2.75) is 33.7 Å². The molecule has 0 aliphatic rings. The Kier molecular flexibility index (Phi) is 5.21. The smallest absolute Gasteiger partial charge is 0.267 e. The summed E-state index contributed by atoms with van der Waals surface area (Å²) in [4.78, 5) is 25.1. The maximum absolute atomic E-state index is 12.8. The van der Waals surface area contributed by atoms with Gasteiger partial charge in [0, 0.05) is 17.3 Å². The number of hydrogen-bond donors (Lipinski definition) is 1. The molecule has 5 nitrogen and oxygen atoms in total. The molecular weight excluding hydrogens is 338 g/mol. The lowest BCUT2D eigenvalue weighted by atomic mass is 10.1. The van der Waals surface area contributed by atoms with Crippen LogP contribution in [0.4, 0.5) is 5.69 Å². The largest absolute Gasteiger partial charge is 0.324 e. The Balaban J connectivity index is 1.91. The Morgan fingerprint density at radius 3 is 2.22 bits per heavy atom. The highest BCUT2D eigenvalue weighted by Crippen LogP contribution is 2.21. The van der Waals surface area contributed by atoms with Crippen molar-refractivity contribution in [3.63, 3.8) is 0 Å². The molecule has 27 heavy (non-hydrogen) atoms. The zero-order chi connectivity index (χ0) is 19.6. The molecule has 0 saturated carbocycles. The minimum absolute atomic E-state index is 0.275. The van der Waals surface area contributed by atoms with Crippen LogP contribution in [0, 0.1) is 20.8 Å². The molecule has 1 aromatic heterocycles. The van der Waals surface area contributed by atoms with Crippen molar-refractivity contribution in [2.75, 3.05) is 5.32 Å². The molecule has 1 amide bonds. The van der Waals surface area contributed by atoms with Gasteiger partial charge in [0.1, 0.15) is 6.04 Å². The molecule has 1 N–H and O–H groups in total.